The van der Waals surface area contributed by atoms with Crippen molar-refractivity contribution in [3.63, 3.8) is 0 Å². The van der Waals surface area contributed by atoms with Crippen molar-refractivity contribution in [3.05, 3.63) is 362 Å². The van der Waals surface area contributed by atoms with Crippen LogP contribution in [0, 0.1) is 0 Å². The van der Waals surface area contributed by atoms with Gasteiger partial charge >= 0.3 is 0 Å². The van der Waals surface area contributed by atoms with Gasteiger partial charge < -0.3 is 13.7 Å². The van der Waals surface area contributed by atoms with Crippen LogP contribution in [-0.2, 0) is 10.8 Å². The molecule has 19 aromatic rings. The lowest BCUT2D eigenvalue weighted by molar-refractivity contribution is 0.660. The molecule has 6 nitrogen and oxygen atoms in total. The van der Waals surface area contributed by atoms with Crippen LogP contribution in [0.5, 0.6) is 0 Å². The van der Waals surface area contributed by atoms with Gasteiger partial charge in [-0.25, -0.2) is 15.0 Å². The van der Waals surface area contributed by atoms with Gasteiger partial charge in [-0.3, -0.25) is 0 Å². The molecule has 0 saturated heterocycles. The molecule has 15 aromatic carbocycles. The van der Waals surface area contributed by atoms with Crippen LogP contribution < -0.4 is 0 Å². The third-order valence-electron chi connectivity index (χ3n) is 23.0. The van der Waals surface area contributed by atoms with E-state index in [1.165, 1.54) is 98.9 Å². The monoisotopic (exact) mass is 1340 g/mol. The summed E-state index contributed by atoms with van der Waals surface area (Å²) in [5.41, 5.74) is 32.5. The van der Waals surface area contributed by atoms with Crippen molar-refractivity contribution in [2.45, 2.75) is 38.5 Å². The lowest BCUT2D eigenvalue weighted by atomic mass is 9.82. The Kier molecular flexibility index (Phi) is 13.3. The van der Waals surface area contributed by atoms with Gasteiger partial charge in [0, 0.05) is 76.9 Å². The maximum Gasteiger partial charge on any atom is 0.164 e. The van der Waals surface area contributed by atoms with Crippen LogP contribution in [0.2, 0.25) is 0 Å². The van der Waals surface area contributed by atoms with Crippen molar-refractivity contribution in [1.82, 2.24) is 28.7 Å². The van der Waals surface area contributed by atoms with E-state index in [-0.39, 0.29) is 10.8 Å². The zero-order valence-corrected chi connectivity index (χ0v) is 58.5. The number of benzene rings is 15. The second-order valence-electron chi connectivity index (χ2n) is 29.5. The quantitative estimate of drug-likeness (QED) is 0.137. The molecular formula is C99H68N6. The fourth-order valence-electron chi connectivity index (χ4n) is 17.6. The molecule has 0 N–H and O–H groups in total. The van der Waals surface area contributed by atoms with E-state index >= 15 is 0 Å². The molecule has 2 aliphatic rings. The van der Waals surface area contributed by atoms with Crippen LogP contribution in [0.1, 0.15) is 49.9 Å². The van der Waals surface area contributed by atoms with Gasteiger partial charge in [0.1, 0.15) is 0 Å². The Labute approximate surface area is 608 Å². The normalized spacial score (nSPS) is 13.3. The number of aromatic nitrogens is 6. The number of nitrogens with zero attached hydrogens (tertiary/aromatic N) is 6. The maximum absolute atomic E-state index is 5.30. The summed E-state index contributed by atoms with van der Waals surface area (Å²) in [6.45, 7) is 9.47. The minimum Gasteiger partial charge on any atom is -0.309 e. The molecule has 0 bridgehead atoms. The predicted octanol–water partition coefficient (Wildman–Crippen LogP) is 25.4. The Bertz CT molecular complexity index is 6400. The number of para-hydroxylation sites is 2. The lowest BCUT2D eigenvalue weighted by Gasteiger charge is -2.22. The highest BCUT2D eigenvalue weighted by molar-refractivity contribution is 6.14. The zero-order valence-electron chi connectivity index (χ0n) is 58.5. The topological polar surface area (TPSA) is 53.5 Å². The standard InChI is InChI=1S/C99H68N6/c1-98(2)85-27-15-11-23-75(85)77-53-47-73(59-87(77)98)104-89-29-17-13-25-79(89)81-49-41-70(57-93(81)104)68-43-51-83-84-52-44-69(71-42-50-82-80-26-14-18-30-90(80)105(94(82)58-71)74-48-54-78-76-24-12-16-28-86(76)99(3,4)88(78)60-74)56-92(84)103(91(83)55-68)72-45-39-67(40-46-72)97-101-95(65-35-31-63(32-36-65)61-19-7-5-8-20-61)100-96(102-97)66-37-33-64(34-38-66)62-21-9-6-10-22-62/h5-60H,1-4H3. The summed E-state index contributed by atoms with van der Waals surface area (Å²) in [6.07, 6.45) is 0. The summed E-state index contributed by atoms with van der Waals surface area (Å²) >= 11 is 0. The van der Waals surface area contributed by atoms with Crippen LogP contribution in [0.15, 0.2) is 340 Å². The Morgan fingerprint density at radius 2 is 0.457 bits per heavy atom. The molecule has 0 unspecified atom stereocenters. The highest BCUT2D eigenvalue weighted by Gasteiger charge is 2.37. The highest BCUT2D eigenvalue weighted by atomic mass is 15.0. The van der Waals surface area contributed by atoms with Crippen molar-refractivity contribution in [1.29, 1.82) is 0 Å². The van der Waals surface area contributed by atoms with Crippen molar-refractivity contribution in [2.75, 3.05) is 0 Å². The number of fused-ring (bicyclic) bond motifs is 15. The van der Waals surface area contributed by atoms with Crippen molar-refractivity contribution >= 4 is 65.4 Å². The smallest absolute Gasteiger partial charge is 0.164 e. The van der Waals surface area contributed by atoms with Gasteiger partial charge in [-0.2, -0.15) is 0 Å². The first kappa shape index (κ1) is 60.5. The molecule has 0 fully saturated rings. The molecule has 4 aromatic heterocycles. The van der Waals surface area contributed by atoms with E-state index in [0.29, 0.717) is 17.5 Å². The molecule has 2 aliphatic carbocycles. The van der Waals surface area contributed by atoms with Gasteiger partial charge in [0.15, 0.2) is 17.5 Å². The molecule has 6 heteroatoms. The molecule has 4 heterocycles. The molecule has 0 spiro atoms. The van der Waals surface area contributed by atoms with Gasteiger partial charge in [-0.15, -0.1) is 0 Å². The van der Waals surface area contributed by atoms with Crippen molar-refractivity contribution in [3.8, 4) is 118 Å². The van der Waals surface area contributed by atoms with Gasteiger partial charge in [0.05, 0.1) is 33.1 Å². The largest absolute Gasteiger partial charge is 0.309 e. The predicted molar refractivity (Wildman–Crippen MR) is 436 cm³/mol. The minimum atomic E-state index is -0.141. The molecule has 0 amide bonds. The average molecular weight is 1340 g/mol. The Hall–Kier alpha value is -13.3. The van der Waals surface area contributed by atoms with Crippen molar-refractivity contribution < 1.29 is 0 Å². The molecule has 494 valence electrons. The Morgan fingerprint density at radius 3 is 0.838 bits per heavy atom. The van der Waals surface area contributed by atoms with E-state index in [2.05, 4.69) is 381 Å². The molecule has 0 aliphatic heterocycles. The van der Waals surface area contributed by atoms with Gasteiger partial charge in [0.2, 0.25) is 0 Å². The molecule has 0 radical (unpaired) electrons. The molecule has 21 rings (SSSR count). The van der Waals surface area contributed by atoms with E-state index in [0.717, 1.165) is 89.3 Å². The van der Waals surface area contributed by atoms with Crippen LogP contribution >= 0.6 is 0 Å². The van der Waals surface area contributed by atoms with E-state index in [1.54, 1.807) is 0 Å². The fraction of sp³-hybridized carbons (Fsp3) is 0.0606. The number of hydrogen-bond acceptors (Lipinski definition) is 3. The minimum absolute atomic E-state index is 0.141. The van der Waals surface area contributed by atoms with Crippen LogP contribution in [0.3, 0.4) is 0 Å². The van der Waals surface area contributed by atoms with E-state index < -0.39 is 0 Å². The van der Waals surface area contributed by atoms with Crippen molar-refractivity contribution in [2.24, 2.45) is 0 Å². The number of hydrogen-bond donors (Lipinski definition) is 0. The molecule has 105 heavy (non-hydrogen) atoms. The first-order valence-electron chi connectivity index (χ1n) is 36.4. The molecular weight excluding hydrogens is 1270 g/mol. The van der Waals surface area contributed by atoms with Crippen LogP contribution in [0.4, 0.5) is 0 Å². The Morgan fingerprint density at radius 1 is 0.190 bits per heavy atom. The zero-order chi connectivity index (χ0) is 69.8. The van der Waals surface area contributed by atoms with E-state index in [1.807, 2.05) is 0 Å². The summed E-state index contributed by atoms with van der Waals surface area (Å²) in [7, 11) is 0. The second kappa shape index (κ2) is 23.1. The summed E-state index contributed by atoms with van der Waals surface area (Å²) in [4.78, 5) is 15.8. The number of rotatable bonds is 10. The molecule has 0 saturated carbocycles. The maximum atomic E-state index is 5.30. The highest BCUT2D eigenvalue weighted by Crippen LogP contribution is 2.52. The van der Waals surface area contributed by atoms with Gasteiger partial charge in [-0.05, 0) is 174 Å². The summed E-state index contributed by atoms with van der Waals surface area (Å²) in [5, 5.41) is 7.25. The molecule has 0 atom stereocenters. The summed E-state index contributed by atoms with van der Waals surface area (Å²) < 4.78 is 7.43. The first-order chi connectivity index (χ1) is 51.5. The summed E-state index contributed by atoms with van der Waals surface area (Å²) in [5.74, 6) is 1.81. The summed E-state index contributed by atoms with van der Waals surface area (Å²) in [6, 6.07) is 125. The third-order valence-corrected chi connectivity index (χ3v) is 23.0. The van der Waals surface area contributed by atoms with Crippen LogP contribution in [-0.4, -0.2) is 28.7 Å². The second-order valence-corrected chi connectivity index (χ2v) is 29.5. The van der Waals surface area contributed by atoms with Gasteiger partial charge in [0.25, 0.3) is 0 Å². The van der Waals surface area contributed by atoms with Gasteiger partial charge in [-0.1, -0.05) is 282 Å². The average Bonchev–Trinajstić information content (AvgIpc) is 1.58. The SMILES string of the molecule is CC1(C)c2ccccc2-c2ccc(-n3c4ccccc4c4ccc(-c5ccc6c7ccc(-c8ccc9c%10ccccc%10n(-c%10ccc%11c(c%10)C(C)(C)c%10ccccc%10-%11)c9c8)cc7n(-c7ccc(-c8nc(-c9ccc(-c%10ccccc%10)cc9)nc(-c9ccc(-c%10ccccc%10)cc9)n8)cc7)c6c5)cc43)cc21. The van der Waals surface area contributed by atoms with E-state index in [4.69, 9.17) is 15.0 Å². The first-order valence-corrected chi connectivity index (χ1v) is 36.4. The van der Waals surface area contributed by atoms with Crippen LogP contribution in [0.25, 0.3) is 183 Å². The lowest BCUT2D eigenvalue weighted by Crippen LogP contribution is -2.15. The fourth-order valence-corrected chi connectivity index (χ4v) is 17.6. The Balaban J connectivity index is 0.725. The van der Waals surface area contributed by atoms with E-state index in [9.17, 15) is 0 Å². The third kappa shape index (κ3) is 9.46.